The van der Waals surface area contributed by atoms with E-state index in [1.807, 2.05) is 113 Å². The van der Waals surface area contributed by atoms with Crippen molar-refractivity contribution in [3.63, 3.8) is 0 Å². The number of carbonyl (C=O) groups is 2. The Kier molecular flexibility index (Phi) is 9.68. The van der Waals surface area contributed by atoms with Gasteiger partial charge in [-0.05, 0) is 67.6 Å². The molecule has 0 spiro atoms. The van der Waals surface area contributed by atoms with E-state index in [0.717, 1.165) is 44.5 Å². The molecule has 49 heavy (non-hydrogen) atoms. The second-order valence-electron chi connectivity index (χ2n) is 13.4. The van der Waals surface area contributed by atoms with Crippen molar-refractivity contribution in [3.05, 3.63) is 147 Å². The number of esters is 1. The normalized spacial score (nSPS) is 14.9. The average Bonchev–Trinajstić information content (AvgIpc) is 3.49. The summed E-state index contributed by atoms with van der Waals surface area (Å²) in [6, 6.07) is 32.6. The van der Waals surface area contributed by atoms with Crippen molar-refractivity contribution in [2.75, 3.05) is 6.54 Å². The number of rotatable bonds is 10. The summed E-state index contributed by atoms with van der Waals surface area (Å²) in [7, 11) is 0. The van der Waals surface area contributed by atoms with Gasteiger partial charge in [-0.15, -0.1) is 11.8 Å². The molecule has 2 heterocycles. The first-order valence-corrected chi connectivity index (χ1v) is 17.3. The molecule has 4 N–H and O–H groups in total. The quantitative estimate of drug-likeness (QED) is 0.0865. The standard InChI is InChI=1S/C40H41N3O5S/c1-25-21-26-22-29(47-37(26)31-19-20-34(44)43-36(25)31)24-42-35(45)23-33(41)49-40(27-13-7-5-8-14-27,28-15-9-6-10-16-28)32-18-12-11-17-30(32)38(46)48-39(2,3)4/h5-21,29,33H,22-24,41H2,1-4H3,(H,42,45)(H,43,44). The Labute approximate surface area is 290 Å². The van der Waals surface area contributed by atoms with E-state index < -0.39 is 21.7 Å². The molecule has 0 bridgehead atoms. The van der Waals surface area contributed by atoms with Gasteiger partial charge in [-0.2, -0.15) is 0 Å². The van der Waals surface area contributed by atoms with Gasteiger partial charge in [0.15, 0.2) is 0 Å². The Balaban J connectivity index is 1.26. The van der Waals surface area contributed by atoms with Crippen LogP contribution in [-0.2, 0) is 20.7 Å². The van der Waals surface area contributed by atoms with Crippen molar-refractivity contribution >= 4 is 34.5 Å². The van der Waals surface area contributed by atoms with Crippen molar-refractivity contribution in [3.8, 4) is 5.75 Å². The number of pyridine rings is 1. The Bertz CT molecular complexity index is 2000. The summed E-state index contributed by atoms with van der Waals surface area (Å²) in [6.45, 7) is 7.80. The zero-order valence-corrected chi connectivity index (χ0v) is 28.9. The largest absolute Gasteiger partial charge is 0.487 e. The number of thioether (sulfide) groups is 1. The van der Waals surface area contributed by atoms with Crippen LogP contribution in [0.15, 0.2) is 108 Å². The number of fused-ring (bicyclic) bond motifs is 3. The van der Waals surface area contributed by atoms with Gasteiger partial charge in [0, 0.05) is 17.9 Å². The number of nitrogens with two attached hydrogens (primary N) is 1. The first-order chi connectivity index (χ1) is 23.4. The van der Waals surface area contributed by atoms with Crippen LogP contribution in [0, 0.1) is 6.92 Å². The van der Waals surface area contributed by atoms with Crippen LogP contribution >= 0.6 is 11.8 Å². The molecule has 4 aromatic carbocycles. The highest BCUT2D eigenvalue weighted by atomic mass is 32.2. The van der Waals surface area contributed by atoms with E-state index in [1.165, 1.54) is 17.8 Å². The number of aromatic nitrogens is 1. The molecule has 0 saturated carbocycles. The van der Waals surface area contributed by atoms with Crippen molar-refractivity contribution in [2.45, 2.75) is 62.4 Å². The first-order valence-electron chi connectivity index (χ1n) is 16.4. The number of nitrogens with one attached hydrogen (secondary N) is 2. The molecule has 2 atom stereocenters. The first kappa shape index (κ1) is 34.0. The van der Waals surface area contributed by atoms with Crippen molar-refractivity contribution in [2.24, 2.45) is 5.73 Å². The second-order valence-corrected chi connectivity index (χ2v) is 14.8. The number of amides is 1. The summed E-state index contributed by atoms with van der Waals surface area (Å²) in [4.78, 5) is 42.0. The van der Waals surface area contributed by atoms with Gasteiger partial charge >= 0.3 is 5.97 Å². The highest BCUT2D eigenvalue weighted by Crippen LogP contribution is 2.51. The van der Waals surface area contributed by atoms with Gasteiger partial charge in [-0.1, -0.05) is 84.9 Å². The Morgan fingerprint density at radius 2 is 1.59 bits per heavy atom. The van der Waals surface area contributed by atoms with Gasteiger partial charge in [0.2, 0.25) is 11.5 Å². The number of hydrogen-bond acceptors (Lipinski definition) is 7. The second kappa shape index (κ2) is 13.9. The summed E-state index contributed by atoms with van der Waals surface area (Å²) in [6.07, 6.45) is 0.413. The van der Waals surface area contributed by atoms with E-state index in [4.69, 9.17) is 15.2 Å². The lowest BCUT2D eigenvalue weighted by molar-refractivity contribution is -0.121. The third-order valence-corrected chi connectivity index (χ3v) is 10.0. The maximum Gasteiger partial charge on any atom is 0.339 e. The molecular formula is C40H41N3O5S. The molecule has 8 nitrogen and oxygen atoms in total. The van der Waals surface area contributed by atoms with E-state index in [9.17, 15) is 14.4 Å². The van der Waals surface area contributed by atoms with Crippen LogP contribution in [-0.4, -0.2) is 40.5 Å². The van der Waals surface area contributed by atoms with E-state index in [-0.39, 0.29) is 24.0 Å². The third kappa shape index (κ3) is 7.28. The maximum atomic E-state index is 13.7. The van der Waals surface area contributed by atoms with Gasteiger partial charge < -0.3 is 25.5 Å². The molecule has 1 aliphatic heterocycles. The van der Waals surface area contributed by atoms with Crippen molar-refractivity contribution < 1.29 is 19.1 Å². The van der Waals surface area contributed by atoms with Crippen LogP contribution < -0.4 is 21.3 Å². The Morgan fingerprint density at radius 3 is 2.24 bits per heavy atom. The minimum atomic E-state index is -0.953. The van der Waals surface area contributed by atoms with Crippen molar-refractivity contribution in [1.29, 1.82) is 0 Å². The predicted octanol–water partition coefficient (Wildman–Crippen LogP) is 6.61. The van der Waals surface area contributed by atoms with E-state index in [1.54, 1.807) is 12.1 Å². The minimum Gasteiger partial charge on any atom is -0.487 e. The molecule has 0 fully saturated rings. The van der Waals surface area contributed by atoms with Gasteiger partial charge in [-0.3, -0.25) is 9.59 Å². The summed E-state index contributed by atoms with van der Waals surface area (Å²) in [5.74, 6) is 0.0982. The van der Waals surface area contributed by atoms with Gasteiger partial charge in [0.05, 0.1) is 34.2 Å². The van der Waals surface area contributed by atoms with Gasteiger partial charge in [0.1, 0.15) is 17.5 Å². The van der Waals surface area contributed by atoms with E-state index in [2.05, 4.69) is 10.3 Å². The molecule has 5 aromatic rings. The summed E-state index contributed by atoms with van der Waals surface area (Å²) >= 11 is 1.43. The molecule has 0 aliphatic carbocycles. The molecule has 1 amide bonds. The van der Waals surface area contributed by atoms with Crippen LogP contribution in [0.3, 0.4) is 0 Å². The molecule has 9 heteroatoms. The van der Waals surface area contributed by atoms with Crippen LogP contribution in [0.1, 0.15) is 65.4 Å². The Morgan fingerprint density at radius 1 is 0.959 bits per heavy atom. The van der Waals surface area contributed by atoms with Crippen LogP contribution in [0.4, 0.5) is 0 Å². The lowest BCUT2D eigenvalue weighted by Crippen LogP contribution is -2.39. The van der Waals surface area contributed by atoms with E-state index >= 15 is 0 Å². The van der Waals surface area contributed by atoms with Crippen LogP contribution in [0.5, 0.6) is 5.75 Å². The number of aromatic amines is 1. The molecule has 2 unspecified atom stereocenters. The SMILES string of the molecule is Cc1cc2c(c3ccc(=O)[nH]c13)OC(CNC(=O)CC(N)SC(c1ccccc1)(c1ccccc1)c1ccccc1C(=O)OC(C)(C)C)C2. The number of carbonyl (C=O) groups excluding carboxylic acids is 2. The van der Waals surface area contributed by atoms with Crippen LogP contribution in [0.25, 0.3) is 10.9 Å². The summed E-state index contributed by atoms with van der Waals surface area (Å²) < 4.78 is 11.2. The Hall–Kier alpha value is -4.86. The molecule has 252 valence electrons. The summed E-state index contributed by atoms with van der Waals surface area (Å²) in [5, 5.41) is 3.23. The van der Waals surface area contributed by atoms with Gasteiger partial charge in [0.25, 0.3) is 0 Å². The maximum absolute atomic E-state index is 13.7. The third-order valence-electron chi connectivity index (χ3n) is 8.50. The lowest BCUT2D eigenvalue weighted by atomic mass is 9.81. The number of ether oxygens (including phenoxy) is 2. The van der Waals surface area contributed by atoms with Gasteiger partial charge in [-0.25, -0.2) is 4.79 Å². The zero-order valence-electron chi connectivity index (χ0n) is 28.1. The van der Waals surface area contributed by atoms with Crippen molar-refractivity contribution in [1.82, 2.24) is 10.3 Å². The number of hydrogen-bond donors (Lipinski definition) is 3. The molecular weight excluding hydrogens is 635 g/mol. The lowest BCUT2D eigenvalue weighted by Gasteiger charge is -2.38. The average molecular weight is 676 g/mol. The topological polar surface area (TPSA) is 124 Å². The molecule has 6 rings (SSSR count). The fourth-order valence-electron chi connectivity index (χ4n) is 6.48. The van der Waals surface area contributed by atoms with Crippen LogP contribution in [0.2, 0.25) is 0 Å². The molecule has 0 saturated heterocycles. The highest BCUT2D eigenvalue weighted by molar-refractivity contribution is 8.01. The molecule has 1 aromatic heterocycles. The fraction of sp³-hybridized carbons (Fsp3) is 0.275. The smallest absolute Gasteiger partial charge is 0.339 e. The summed E-state index contributed by atoms with van der Waals surface area (Å²) in [5.41, 5.74) is 11.8. The van der Waals surface area contributed by atoms with E-state index in [0.29, 0.717) is 18.5 Å². The fourth-order valence-corrected chi connectivity index (χ4v) is 8.02. The predicted molar refractivity (Wildman–Crippen MR) is 195 cm³/mol. The minimum absolute atomic E-state index is 0.0314. The molecule has 0 radical (unpaired) electrons. The number of H-pyrrole nitrogens is 1. The number of aryl methyl sites for hydroxylation is 1. The monoisotopic (exact) mass is 675 g/mol. The number of benzene rings is 4. The molecule has 1 aliphatic rings. The zero-order chi connectivity index (χ0) is 34.8. The highest BCUT2D eigenvalue weighted by Gasteiger charge is 2.42.